The van der Waals surface area contributed by atoms with Crippen molar-refractivity contribution in [2.75, 3.05) is 6.61 Å². The van der Waals surface area contributed by atoms with Gasteiger partial charge in [-0.3, -0.25) is 4.79 Å². The lowest BCUT2D eigenvalue weighted by molar-refractivity contribution is -0.186. The lowest BCUT2D eigenvalue weighted by atomic mass is 9.59. The Morgan fingerprint density at radius 1 is 1.26 bits per heavy atom. The Morgan fingerprint density at radius 3 is 2.51 bits per heavy atom. The summed E-state index contributed by atoms with van der Waals surface area (Å²) in [7, 11) is 0. The number of aromatic nitrogens is 1. The standard InChI is InChI=1S/C26H30F3NO5/c1-12-9-24-13(2)7-17-19(23(17,3)4)16(21(24)33)8-14(11-31)20(32)25(24,34)22(12)35-18-6-5-15(10-30-18)26(27,28)29/h5-6,8-10,13,16-17,19-20,22,31-32,34H,7,11H2,1-4H3/t13-,16+,17-,19+,20-,22+,24+,25+/m1/s1. The molecule has 5 rings (SSSR count). The number of aliphatic hydroxyl groups is 3. The number of Topliss-reactive ketones (excluding diaryl/α,β-unsaturated/α-hetero) is 1. The van der Waals surface area contributed by atoms with Crippen LogP contribution in [0.1, 0.15) is 39.7 Å². The van der Waals surface area contributed by atoms with Gasteiger partial charge in [-0.2, -0.15) is 13.2 Å². The molecule has 0 radical (unpaired) electrons. The second kappa shape index (κ2) is 7.40. The van der Waals surface area contributed by atoms with E-state index in [4.69, 9.17) is 4.74 Å². The lowest BCUT2D eigenvalue weighted by Crippen LogP contribution is -2.66. The lowest BCUT2D eigenvalue weighted by Gasteiger charge is -2.48. The third-order valence-corrected chi connectivity index (χ3v) is 9.20. The van der Waals surface area contributed by atoms with E-state index < -0.39 is 47.5 Å². The van der Waals surface area contributed by atoms with Crippen molar-refractivity contribution in [3.63, 3.8) is 0 Å². The maximum Gasteiger partial charge on any atom is 0.417 e. The first kappa shape index (κ1) is 24.5. The highest BCUT2D eigenvalue weighted by Gasteiger charge is 2.76. The van der Waals surface area contributed by atoms with Gasteiger partial charge in [-0.15, -0.1) is 0 Å². The van der Waals surface area contributed by atoms with Crippen LogP contribution in [0.15, 0.2) is 41.6 Å². The summed E-state index contributed by atoms with van der Waals surface area (Å²) in [6.07, 6.45) is -2.87. The van der Waals surface area contributed by atoms with Crippen LogP contribution in [0.2, 0.25) is 0 Å². The molecular weight excluding hydrogens is 463 g/mol. The van der Waals surface area contributed by atoms with E-state index in [1.165, 1.54) is 0 Å². The van der Waals surface area contributed by atoms with Gasteiger partial charge < -0.3 is 20.1 Å². The van der Waals surface area contributed by atoms with Gasteiger partial charge >= 0.3 is 6.18 Å². The fraction of sp³-hybridized carbons (Fsp3) is 0.615. The van der Waals surface area contributed by atoms with Gasteiger partial charge in [0.05, 0.1) is 17.6 Å². The van der Waals surface area contributed by atoms with Crippen LogP contribution >= 0.6 is 0 Å². The van der Waals surface area contributed by atoms with E-state index in [0.717, 1.165) is 12.1 Å². The molecule has 1 heterocycles. The fourth-order valence-corrected chi connectivity index (χ4v) is 7.33. The average Bonchev–Trinajstić information content (AvgIpc) is 3.27. The zero-order valence-corrected chi connectivity index (χ0v) is 20.0. The molecule has 9 heteroatoms. The number of alkyl halides is 3. The van der Waals surface area contributed by atoms with E-state index in [9.17, 15) is 33.3 Å². The summed E-state index contributed by atoms with van der Waals surface area (Å²) in [6, 6.07) is 1.87. The normalized spacial score (nSPS) is 41.7. The van der Waals surface area contributed by atoms with Crippen molar-refractivity contribution >= 4 is 5.78 Å². The van der Waals surface area contributed by atoms with Gasteiger partial charge in [0.25, 0.3) is 0 Å². The number of ether oxygens (including phenoxy) is 1. The van der Waals surface area contributed by atoms with Crippen molar-refractivity contribution in [2.24, 2.45) is 34.5 Å². The Labute approximate surface area is 201 Å². The Bertz CT molecular complexity index is 1130. The molecule has 0 saturated heterocycles. The summed E-state index contributed by atoms with van der Waals surface area (Å²) >= 11 is 0. The number of aliphatic hydroxyl groups excluding tert-OH is 2. The van der Waals surface area contributed by atoms with Gasteiger partial charge in [0.15, 0.2) is 17.5 Å². The molecule has 0 aliphatic heterocycles. The quantitative estimate of drug-likeness (QED) is 0.559. The van der Waals surface area contributed by atoms with Gasteiger partial charge in [0.2, 0.25) is 5.88 Å². The Kier molecular flexibility index (Phi) is 5.17. The molecule has 4 aliphatic carbocycles. The molecule has 1 spiro atoms. The van der Waals surface area contributed by atoms with E-state index in [1.807, 2.05) is 6.92 Å². The number of pyridine rings is 1. The van der Waals surface area contributed by atoms with E-state index in [-0.39, 0.29) is 40.4 Å². The molecule has 0 unspecified atom stereocenters. The third kappa shape index (κ3) is 3.07. The molecular formula is C26H30F3NO5. The average molecular weight is 494 g/mol. The van der Waals surface area contributed by atoms with Gasteiger partial charge in [-0.05, 0) is 53.7 Å². The number of rotatable bonds is 3. The van der Waals surface area contributed by atoms with Crippen LogP contribution in [0.4, 0.5) is 13.2 Å². The zero-order valence-electron chi connectivity index (χ0n) is 20.0. The summed E-state index contributed by atoms with van der Waals surface area (Å²) in [5, 5.41) is 33.9. The number of nitrogens with zero attached hydrogens (tertiary/aromatic N) is 1. The van der Waals surface area contributed by atoms with Crippen LogP contribution in [0, 0.1) is 34.5 Å². The molecule has 6 nitrogen and oxygen atoms in total. The van der Waals surface area contributed by atoms with Crippen LogP contribution in [-0.2, 0) is 11.0 Å². The predicted molar refractivity (Wildman–Crippen MR) is 119 cm³/mol. The highest BCUT2D eigenvalue weighted by atomic mass is 19.4. The topological polar surface area (TPSA) is 99.9 Å². The predicted octanol–water partition coefficient (Wildman–Crippen LogP) is 3.32. The fourth-order valence-electron chi connectivity index (χ4n) is 7.33. The molecule has 1 aromatic heterocycles. The summed E-state index contributed by atoms with van der Waals surface area (Å²) in [4.78, 5) is 18.0. The highest BCUT2D eigenvalue weighted by Crippen LogP contribution is 2.71. The minimum absolute atomic E-state index is 0.0261. The third-order valence-electron chi connectivity index (χ3n) is 9.20. The summed E-state index contributed by atoms with van der Waals surface area (Å²) in [6.45, 7) is 7.21. The van der Waals surface area contributed by atoms with E-state index in [2.05, 4.69) is 18.8 Å². The van der Waals surface area contributed by atoms with Crippen LogP contribution in [-0.4, -0.2) is 50.5 Å². The largest absolute Gasteiger partial charge is 0.467 e. The first-order valence-electron chi connectivity index (χ1n) is 11.9. The minimum Gasteiger partial charge on any atom is -0.467 e. The van der Waals surface area contributed by atoms with Crippen LogP contribution in [0.5, 0.6) is 5.88 Å². The molecule has 3 N–H and O–H groups in total. The number of fused-ring (bicyclic) bond motifs is 3. The van der Waals surface area contributed by atoms with Gasteiger partial charge in [0.1, 0.15) is 6.10 Å². The minimum atomic E-state index is -4.57. The summed E-state index contributed by atoms with van der Waals surface area (Å²) < 4.78 is 44.8. The molecule has 1 aromatic rings. The number of carbonyl (C=O) groups is 1. The molecule has 8 atom stereocenters. The smallest absolute Gasteiger partial charge is 0.417 e. The monoisotopic (exact) mass is 493 g/mol. The van der Waals surface area contributed by atoms with E-state index in [1.54, 1.807) is 19.1 Å². The van der Waals surface area contributed by atoms with Crippen molar-refractivity contribution in [2.45, 2.75) is 58.1 Å². The summed E-state index contributed by atoms with van der Waals surface area (Å²) in [5.74, 6) is -1.08. The van der Waals surface area contributed by atoms with Crippen molar-refractivity contribution in [3.05, 3.63) is 47.2 Å². The van der Waals surface area contributed by atoms with E-state index >= 15 is 0 Å². The molecule has 190 valence electrons. The SMILES string of the molecule is CC1=C[C@]23C(=O)[C@@H](C=C(CO)[C@@H](O)[C@]2(O)[C@H]1Oc1ccc(C(F)(F)F)cn1)[C@H]1[C@@H](C[C@H]3C)C1(C)C. The Balaban J connectivity index is 1.61. The van der Waals surface area contributed by atoms with Crippen molar-refractivity contribution in [1.82, 2.24) is 4.98 Å². The van der Waals surface area contributed by atoms with Crippen LogP contribution in [0.25, 0.3) is 0 Å². The molecule has 4 aliphatic rings. The van der Waals surface area contributed by atoms with Gasteiger partial charge in [-0.25, -0.2) is 4.98 Å². The first-order valence-corrected chi connectivity index (χ1v) is 11.9. The number of ketones is 1. The number of hydrogen-bond acceptors (Lipinski definition) is 6. The second-order valence-corrected chi connectivity index (χ2v) is 11.2. The van der Waals surface area contributed by atoms with Crippen LogP contribution < -0.4 is 4.74 Å². The van der Waals surface area contributed by atoms with E-state index in [0.29, 0.717) is 18.2 Å². The number of halogens is 3. The number of hydrogen-bond donors (Lipinski definition) is 3. The maximum atomic E-state index is 14.3. The van der Waals surface area contributed by atoms with Crippen molar-refractivity contribution in [1.29, 1.82) is 0 Å². The zero-order chi connectivity index (χ0) is 25.7. The van der Waals surface area contributed by atoms with Crippen molar-refractivity contribution in [3.8, 4) is 5.88 Å². The summed E-state index contributed by atoms with van der Waals surface area (Å²) in [5.41, 5.74) is -4.09. The molecule has 0 aromatic carbocycles. The Hall–Kier alpha value is -2.23. The highest BCUT2D eigenvalue weighted by molar-refractivity contribution is 5.95. The maximum absolute atomic E-state index is 14.3. The molecule has 2 bridgehead atoms. The molecule has 2 fully saturated rings. The van der Waals surface area contributed by atoms with Gasteiger partial charge in [0, 0.05) is 18.2 Å². The molecule has 2 saturated carbocycles. The first-order chi connectivity index (χ1) is 16.2. The van der Waals surface area contributed by atoms with Gasteiger partial charge in [-0.1, -0.05) is 32.9 Å². The number of carbonyl (C=O) groups excluding carboxylic acids is 1. The Morgan fingerprint density at radius 2 is 1.94 bits per heavy atom. The molecule has 35 heavy (non-hydrogen) atoms. The van der Waals surface area contributed by atoms with Crippen molar-refractivity contribution < 1.29 is 38.0 Å². The second-order valence-electron chi connectivity index (χ2n) is 11.2. The molecule has 0 amide bonds. The van der Waals surface area contributed by atoms with Crippen LogP contribution in [0.3, 0.4) is 0 Å². The number of allylic oxidation sites excluding steroid dienone is 1.